The highest BCUT2D eigenvalue weighted by Crippen LogP contribution is 2.28. The predicted octanol–water partition coefficient (Wildman–Crippen LogP) is 0.129. The molecular weight excluding hydrogens is 230 g/mol. The molecule has 1 aromatic heterocycles. The van der Waals surface area contributed by atoms with Crippen LogP contribution in [-0.4, -0.2) is 39.4 Å². The molecule has 1 unspecified atom stereocenters. The van der Waals surface area contributed by atoms with Crippen LogP contribution >= 0.6 is 0 Å². The summed E-state index contributed by atoms with van der Waals surface area (Å²) in [5, 5.41) is 26.2. The number of aromatic amines is 1. The van der Waals surface area contributed by atoms with E-state index < -0.39 is 22.4 Å². The fraction of sp³-hybridized carbons (Fsp3) is 0.556. The maximum Gasteiger partial charge on any atom is 0.342 e. The third-order valence-electron chi connectivity index (χ3n) is 2.53. The highest BCUT2D eigenvalue weighted by Gasteiger charge is 2.39. The molecule has 0 aliphatic rings. The molecule has 1 rings (SSSR count). The summed E-state index contributed by atoms with van der Waals surface area (Å²) in [5.41, 5.74) is -0.875. The number of nitrogens with zero attached hydrogens (tertiary/aromatic N) is 2. The Morgan fingerprint density at radius 1 is 1.71 bits per heavy atom. The zero-order chi connectivity index (χ0) is 13.2. The third-order valence-corrected chi connectivity index (χ3v) is 2.53. The molecular formula is C9H13N3O5. The molecule has 0 aromatic carbocycles. The Morgan fingerprint density at radius 2 is 2.29 bits per heavy atom. The molecule has 17 heavy (non-hydrogen) atoms. The van der Waals surface area contributed by atoms with Crippen LogP contribution in [0.5, 0.6) is 0 Å². The number of ether oxygens (including phenoxy) is 1. The van der Waals surface area contributed by atoms with E-state index in [4.69, 9.17) is 0 Å². The van der Waals surface area contributed by atoms with Crippen molar-refractivity contribution >= 4 is 11.8 Å². The summed E-state index contributed by atoms with van der Waals surface area (Å²) in [6, 6.07) is 1.17. The second-order valence-electron chi connectivity index (χ2n) is 4.04. The Balaban J connectivity index is 3.03. The molecule has 1 heterocycles. The van der Waals surface area contributed by atoms with Crippen LogP contribution in [-0.2, 0) is 14.9 Å². The van der Waals surface area contributed by atoms with E-state index in [1.54, 1.807) is 0 Å². The Bertz CT molecular complexity index is 440. The lowest BCUT2D eigenvalue weighted by molar-refractivity contribution is -0.389. The van der Waals surface area contributed by atoms with Gasteiger partial charge in [-0.1, -0.05) is 18.9 Å². The fourth-order valence-electron chi connectivity index (χ4n) is 1.28. The van der Waals surface area contributed by atoms with Crippen LogP contribution in [0.15, 0.2) is 6.07 Å². The molecule has 0 radical (unpaired) electrons. The average molecular weight is 243 g/mol. The van der Waals surface area contributed by atoms with Crippen LogP contribution in [0, 0.1) is 10.1 Å². The molecule has 0 amide bonds. The van der Waals surface area contributed by atoms with Gasteiger partial charge in [-0.2, -0.15) is 0 Å². The van der Waals surface area contributed by atoms with Gasteiger partial charge in [0.25, 0.3) is 0 Å². The summed E-state index contributed by atoms with van der Waals surface area (Å²) >= 11 is 0. The van der Waals surface area contributed by atoms with E-state index in [1.165, 1.54) is 19.9 Å². The first kappa shape index (κ1) is 13.1. The van der Waals surface area contributed by atoms with Crippen molar-refractivity contribution in [2.24, 2.45) is 0 Å². The van der Waals surface area contributed by atoms with E-state index in [2.05, 4.69) is 14.9 Å². The number of hydrogen-bond acceptors (Lipinski definition) is 6. The van der Waals surface area contributed by atoms with E-state index in [0.717, 1.165) is 7.11 Å². The van der Waals surface area contributed by atoms with Gasteiger partial charge in [0.15, 0.2) is 6.10 Å². The molecule has 0 fully saturated rings. The van der Waals surface area contributed by atoms with Crippen molar-refractivity contribution in [2.45, 2.75) is 25.4 Å². The first-order chi connectivity index (χ1) is 7.80. The summed E-state index contributed by atoms with van der Waals surface area (Å²) in [6.45, 7) is 3.07. The Kier molecular flexibility index (Phi) is 3.47. The van der Waals surface area contributed by atoms with Gasteiger partial charge in [0, 0.05) is 5.41 Å². The fourth-order valence-corrected chi connectivity index (χ4v) is 1.28. The van der Waals surface area contributed by atoms with Gasteiger partial charge in [-0.3, -0.25) is 0 Å². The second-order valence-corrected chi connectivity index (χ2v) is 4.04. The maximum atomic E-state index is 11.2. The van der Waals surface area contributed by atoms with Crippen molar-refractivity contribution < 1.29 is 19.6 Å². The number of aliphatic hydroxyl groups is 1. The maximum absolute atomic E-state index is 11.2. The van der Waals surface area contributed by atoms with Gasteiger partial charge in [0.1, 0.15) is 5.69 Å². The number of carbonyl (C=O) groups excluding carboxylic acids is 1. The lowest BCUT2D eigenvalue weighted by Crippen LogP contribution is -2.41. The van der Waals surface area contributed by atoms with Crippen LogP contribution in [0.25, 0.3) is 0 Å². The number of nitrogens with one attached hydrogen (secondary N) is 1. The number of nitro groups is 1. The standard InChI is InChI=1S/C9H13N3O5/c1-9(2,7(13)8(14)17-3)5-4-6(11-10-5)12(15)16/h4,7,13H,1-3H3,(H,10,11). The summed E-state index contributed by atoms with van der Waals surface area (Å²) in [4.78, 5) is 21.1. The Morgan fingerprint density at radius 3 is 2.71 bits per heavy atom. The molecule has 2 N–H and O–H groups in total. The van der Waals surface area contributed by atoms with Crippen molar-refractivity contribution in [2.75, 3.05) is 7.11 Å². The average Bonchev–Trinajstić information content (AvgIpc) is 2.76. The second kappa shape index (κ2) is 4.50. The van der Waals surface area contributed by atoms with Gasteiger partial charge in [0.2, 0.25) is 0 Å². The summed E-state index contributed by atoms with van der Waals surface area (Å²) < 4.78 is 4.41. The van der Waals surface area contributed by atoms with Gasteiger partial charge in [-0.25, -0.2) is 4.79 Å². The van der Waals surface area contributed by atoms with Crippen molar-refractivity contribution in [1.29, 1.82) is 0 Å². The quantitative estimate of drug-likeness (QED) is 0.440. The highest BCUT2D eigenvalue weighted by molar-refractivity contribution is 5.76. The SMILES string of the molecule is COC(=O)C(O)C(C)(C)c1cc([N+](=O)[O-])[nH]n1. The van der Waals surface area contributed by atoms with E-state index in [1.807, 2.05) is 0 Å². The zero-order valence-corrected chi connectivity index (χ0v) is 9.63. The molecule has 94 valence electrons. The summed E-state index contributed by atoms with van der Waals surface area (Å²) in [6.07, 6.45) is -1.45. The first-order valence-corrected chi connectivity index (χ1v) is 4.77. The molecule has 0 saturated heterocycles. The van der Waals surface area contributed by atoms with Gasteiger partial charge in [0.05, 0.1) is 13.2 Å². The van der Waals surface area contributed by atoms with Crippen LogP contribution in [0.4, 0.5) is 5.82 Å². The lowest BCUT2D eigenvalue weighted by atomic mass is 9.83. The van der Waals surface area contributed by atoms with Crippen LogP contribution in [0.1, 0.15) is 19.5 Å². The lowest BCUT2D eigenvalue weighted by Gasteiger charge is -2.25. The molecule has 8 nitrogen and oxygen atoms in total. The minimum absolute atomic E-state index is 0.210. The highest BCUT2D eigenvalue weighted by atomic mass is 16.6. The molecule has 8 heteroatoms. The van der Waals surface area contributed by atoms with Gasteiger partial charge >= 0.3 is 11.8 Å². The van der Waals surface area contributed by atoms with Crippen LogP contribution in [0.3, 0.4) is 0 Å². The molecule has 0 bridgehead atoms. The van der Waals surface area contributed by atoms with Gasteiger partial charge in [-0.05, 0) is 4.92 Å². The van der Waals surface area contributed by atoms with Gasteiger partial charge < -0.3 is 20.0 Å². The van der Waals surface area contributed by atoms with E-state index in [0.29, 0.717) is 0 Å². The number of hydrogen-bond donors (Lipinski definition) is 2. The number of aliphatic hydroxyl groups excluding tert-OH is 1. The van der Waals surface area contributed by atoms with Crippen LogP contribution in [0.2, 0.25) is 0 Å². The number of esters is 1. The van der Waals surface area contributed by atoms with Crippen molar-refractivity contribution in [3.63, 3.8) is 0 Å². The molecule has 0 aliphatic heterocycles. The zero-order valence-electron chi connectivity index (χ0n) is 9.63. The van der Waals surface area contributed by atoms with E-state index >= 15 is 0 Å². The van der Waals surface area contributed by atoms with E-state index in [-0.39, 0.29) is 11.5 Å². The molecule has 0 spiro atoms. The van der Waals surface area contributed by atoms with Crippen LogP contribution < -0.4 is 0 Å². The van der Waals surface area contributed by atoms with Crippen molar-refractivity contribution in [1.82, 2.24) is 10.2 Å². The molecule has 1 aromatic rings. The number of carbonyl (C=O) groups is 1. The molecule has 0 saturated carbocycles. The Labute approximate surface area is 96.7 Å². The number of aromatic nitrogens is 2. The predicted molar refractivity (Wildman–Crippen MR) is 56.3 cm³/mol. The number of rotatable bonds is 4. The smallest absolute Gasteiger partial charge is 0.342 e. The minimum atomic E-state index is -1.45. The van der Waals surface area contributed by atoms with Crippen molar-refractivity contribution in [3.05, 3.63) is 21.9 Å². The topological polar surface area (TPSA) is 118 Å². The molecule has 0 aliphatic carbocycles. The van der Waals surface area contributed by atoms with Gasteiger partial charge in [-0.15, -0.1) is 5.10 Å². The van der Waals surface area contributed by atoms with E-state index in [9.17, 15) is 20.0 Å². The first-order valence-electron chi connectivity index (χ1n) is 4.77. The summed E-state index contributed by atoms with van der Waals surface area (Å²) in [7, 11) is 1.15. The summed E-state index contributed by atoms with van der Waals surface area (Å²) in [5.74, 6) is -1.12. The normalized spacial score (nSPS) is 13.2. The van der Waals surface area contributed by atoms with Crippen molar-refractivity contribution in [3.8, 4) is 0 Å². The Hall–Kier alpha value is -1.96. The molecule has 1 atom stereocenters. The monoisotopic (exact) mass is 243 g/mol. The largest absolute Gasteiger partial charge is 0.467 e. The number of methoxy groups -OCH3 is 1. The minimum Gasteiger partial charge on any atom is -0.467 e. The number of H-pyrrole nitrogens is 1. The third kappa shape index (κ3) is 2.41.